The Hall–Kier alpha value is -2.09. The van der Waals surface area contributed by atoms with Crippen LogP contribution in [0.25, 0.3) is 0 Å². The van der Waals surface area contributed by atoms with Crippen molar-refractivity contribution >= 4 is 11.8 Å². The number of Topliss-reactive ketones (excluding diaryl/α,β-unsaturated/α-hetero) is 1. The Morgan fingerprint density at radius 3 is 2.50 bits per heavy atom. The molecule has 0 bridgehead atoms. The summed E-state index contributed by atoms with van der Waals surface area (Å²) in [6.45, 7) is 6.42. The van der Waals surface area contributed by atoms with Crippen molar-refractivity contribution in [3.63, 3.8) is 0 Å². The SMILES string of the molecule is CC1(C)CC(N2CCCC2)=C(C#N)/C(=C2\C(=O)CCCOC2=O)C1. The van der Waals surface area contributed by atoms with Gasteiger partial charge in [-0.2, -0.15) is 5.26 Å². The highest BCUT2D eigenvalue weighted by atomic mass is 16.5. The highest BCUT2D eigenvalue weighted by Gasteiger charge is 2.38. The number of allylic oxidation sites excluding steroid dienone is 3. The number of nitrogens with zero attached hydrogens (tertiary/aromatic N) is 2. The van der Waals surface area contributed by atoms with Gasteiger partial charge in [0, 0.05) is 25.2 Å². The van der Waals surface area contributed by atoms with E-state index < -0.39 is 5.97 Å². The zero-order chi connectivity index (χ0) is 17.3. The molecule has 0 unspecified atom stereocenters. The lowest BCUT2D eigenvalue weighted by Gasteiger charge is -2.37. The number of esters is 1. The van der Waals surface area contributed by atoms with Crippen molar-refractivity contribution in [1.82, 2.24) is 4.90 Å². The molecule has 24 heavy (non-hydrogen) atoms. The van der Waals surface area contributed by atoms with Gasteiger partial charge in [-0.1, -0.05) is 13.8 Å². The first-order chi connectivity index (χ1) is 11.4. The molecule has 2 saturated heterocycles. The topological polar surface area (TPSA) is 70.4 Å². The largest absolute Gasteiger partial charge is 0.462 e. The number of carbonyl (C=O) groups is 2. The average Bonchev–Trinajstić information content (AvgIpc) is 2.99. The van der Waals surface area contributed by atoms with E-state index in [-0.39, 0.29) is 23.4 Å². The Morgan fingerprint density at radius 1 is 1.12 bits per heavy atom. The van der Waals surface area contributed by atoms with Gasteiger partial charge in [0.15, 0.2) is 5.78 Å². The van der Waals surface area contributed by atoms with Crippen molar-refractivity contribution in [3.8, 4) is 6.07 Å². The van der Waals surface area contributed by atoms with Crippen LogP contribution in [0.2, 0.25) is 0 Å². The Balaban J connectivity index is 2.18. The van der Waals surface area contributed by atoms with Crippen molar-refractivity contribution in [3.05, 3.63) is 22.4 Å². The number of rotatable bonds is 1. The zero-order valence-electron chi connectivity index (χ0n) is 14.5. The van der Waals surface area contributed by atoms with Gasteiger partial charge in [-0.05, 0) is 43.1 Å². The smallest absolute Gasteiger partial charge is 0.342 e. The number of hydrogen-bond donors (Lipinski definition) is 0. The normalized spacial score (nSPS) is 27.8. The van der Waals surface area contributed by atoms with E-state index in [4.69, 9.17) is 4.74 Å². The second-order valence-corrected chi connectivity index (χ2v) is 7.66. The maximum absolute atomic E-state index is 12.5. The monoisotopic (exact) mass is 328 g/mol. The number of cyclic esters (lactones) is 1. The van der Waals surface area contributed by atoms with Crippen LogP contribution < -0.4 is 0 Å². The Kier molecular flexibility index (Phi) is 4.49. The minimum Gasteiger partial charge on any atom is -0.462 e. The van der Waals surface area contributed by atoms with E-state index in [1.165, 1.54) is 0 Å². The van der Waals surface area contributed by atoms with Gasteiger partial charge < -0.3 is 9.64 Å². The van der Waals surface area contributed by atoms with Crippen LogP contribution >= 0.6 is 0 Å². The van der Waals surface area contributed by atoms with Crippen molar-refractivity contribution in [2.45, 2.75) is 52.4 Å². The molecule has 128 valence electrons. The molecule has 0 atom stereocenters. The van der Waals surface area contributed by atoms with Crippen molar-refractivity contribution in [2.75, 3.05) is 19.7 Å². The van der Waals surface area contributed by atoms with Gasteiger partial charge in [-0.25, -0.2) is 4.79 Å². The third-order valence-electron chi connectivity index (χ3n) is 5.06. The lowest BCUT2D eigenvalue weighted by Crippen LogP contribution is -2.31. The van der Waals surface area contributed by atoms with Crippen LogP contribution in [0.1, 0.15) is 52.4 Å². The summed E-state index contributed by atoms with van der Waals surface area (Å²) in [4.78, 5) is 27.2. The summed E-state index contributed by atoms with van der Waals surface area (Å²) in [5, 5.41) is 9.80. The van der Waals surface area contributed by atoms with E-state index in [0.717, 1.165) is 38.0 Å². The summed E-state index contributed by atoms with van der Waals surface area (Å²) in [7, 11) is 0. The highest BCUT2D eigenvalue weighted by molar-refractivity contribution is 6.19. The maximum atomic E-state index is 12.5. The van der Waals surface area contributed by atoms with Crippen LogP contribution in [0.15, 0.2) is 22.4 Å². The summed E-state index contributed by atoms with van der Waals surface area (Å²) in [5.41, 5.74) is 2.16. The van der Waals surface area contributed by atoms with Crippen LogP contribution in [-0.2, 0) is 14.3 Å². The molecule has 0 saturated carbocycles. The Labute approximate surface area is 143 Å². The molecule has 0 aromatic rings. The maximum Gasteiger partial charge on any atom is 0.342 e. The first-order valence-corrected chi connectivity index (χ1v) is 8.75. The minimum absolute atomic E-state index is 0.0898. The number of likely N-dealkylation sites (tertiary alicyclic amines) is 1. The predicted molar refractivity (Wildman–Crippen MR) is 88.7 cm³/mol. The van der Waals surface area contributed by atoms with Crippen molar-refractivity contribution in [2.24, 2.45) is 5.41 Å². The molecule has 5 heteroatoms. The first-order valence-electron chi connectivity index (χ1n) is 8.75. The number of hydrogen-bond acceptors (Lipinski definition) is 5. The predicted octanol–water partition coefficient (Wildman–Crippen LogP) is 2.88. The van der Waals surface area contributed by atoms with Crippen LogP contribution in [0.4, 0.5) is 0 Å². The fraction of sp³-hybridized carbons (Fsp3) is 0.632. The van der Waals surface area contributed by atoms with E-state index in [9.17, 15) is 14.9 Å². The minimum atomic E-state index is -0.557. The van der Waals surface area contributed by atoms with E-state index >= 15 is 0 Å². The van der Waals surface area contributed by atoms with Gasteiger partial charge in [0.2, 0.25) is 0 Å². The number of ketones is 1. The molecule has 0 amide bonds. The fourth-order valence-corrected chi connectivity index (χ4v) is 3.95. The van der Waals surface area contributed by atoms with Gasteiger partial charge in [-0.3, -0.25) is 4.79 Å². The average molecular weight is 328 g/mol. The number of nitriles is 1. The lowest BCUT2D eigenvalue weighted by atomic mass is 9.72. The standard InChI is InChI=1S/C19H24N2O3/c1-19(2)10-13(17-16(22)6-5-9-24-18(17)23)14(12-20)15(11-19)21-7-3-4-8-21/h3-11H2,1-2H3/b17-13+. The summed E-state index contributed by atoms with van der Waals surface area (Å²) in [5.74, 6) is -0.738. The van der Waals surface area contributed by atoms with Gasteiger partial charge in [-0.15, -0.1) is 0 Å². The van der Waals surface area contributed by atoms with Crippen molar-refractivity contribution in [1.29, 1.82) is 5.26 Å². The van der Waals surface area contributed by atoms with Gasteiger partial charge in [0.25, 0.3) is 0 Å². The molecule has 0 spiro atoms. The molecule has 0 radical (unpaired) electrons. The Bertz CT molecular complexity index is 653. The van der Waals surface area contributed by atoms with E-state index in [1.807, 2.05) is 0 Å². The van der Waals surface area contributed by atoms with E-state index in [1.54, 1.807) is 0 Å². The lowest BCUT2D eigenvalue weighted by molar-refractivity contribution is -0.139. The molecular weight excluding hydrogens is 304 g/mol. The third kappa shape index (κ3) is 3.10. The molecule has 5 nitrogen and oxygen atoms in total. The molecule has 0 aromatic heterocycles. The molecule has 0 aromatic carbocycles. The number of carbonyl (C=O) groups excluding carboxylic acids is 2. The van der Waals surface area contributed by atoms with Crippen LogP contribution in [0.5, 0.6) is 0 Å². The molecule has 2 aliphatic heterocycles. The summed E-state index contributed by atoms with van der Waals surface area (Å²) in [6, 6.07) is 2.30. The first kappa shape index (κ1) is 16.8. The summed E-state index contributed by atoms with van der Waals surface area (Å²) in [6.07, 6.45) is 4.46. The molecule has 3 aliphatic rings. The van der Waals surface area contributed by atoms with Gasteiger partial charge in [0.1, 0.15) is 11.6 Å². The molecular formula is C19H24N2O3. The second kappa shape index (κ2) is 6.43. The summed E-state index contributed by atoms with van der Waals surface area (Å²) < 4.78 is 5.20. The van der Waals surface area contributed by atoms with Crippen molar-refractivity contribution < 1.29 is 14.3 Å². The van der Waals surface area contributed by atoms with Crippen LogP contribution in [-0.4, -0.2) is 36.3 Å². The highest BCUT2D eigenvalue weighted by Crippen LogP contribution is 2.45. The molecule has 2 heterocycles. The third-order valence-corrected chi connectivity index (χ3v) is 5.06. The number of ether oxygens (including phenoxy) is 1. The fourth-order valence-electron chi connectivity index (χ4n) is 3.95. The quantitative estimate of drug-likeness (QED) is 0.420. The van der Waals surface area contributed by atoms with Crippen LogP contribution in [0, 0.1) is 16.7 Å². The van der Waals surface area contributed by atoms with E-state index in [0.29, 0.717) is 30.4 Å². The van der Waals surface area contributed by atoms with Gasteiger partial charge >= 0.3 is 5.97 Å². The molecule has 0 N–H and O–H groups in total. The van der Waals surface area contributed by atoms with E-state index in [2.05, 4.69) is 24.8 Å². The Morgan fingerprint density at radius 2 is 1.83 bits per heavy atom. The summed E-state index contributed by atoms with van der Waals surface area (Å²) >= 11 is 0. The molecule has 2 fully saturated rings. The molecule has 1 aliphatic carbocycles. The second-order valence-electron chi connectivity index (χ2n) is 7.66. The van der Waals surface area contributed by atoms with Crippen LogP contribution in [0.3, 0.4) is 0 Å². The zero-order valence-corrected chi connectivity index (χ0v) is 14.5. The molecule has 3 rings (SSSR count). The van der Waals surface area contributed by atoms with Gasteiger partial charge in [0.05, 0.1) is 12.2 Å².